The Morgan fingerprint density at radius 1 is 1.30 bits per heavy atom. The van der Waals surface area contributed by atoms with E-state index in [0.29, 0.717) is 17.3 Å². The van der Waals surface area contributed by atoms with E-state index in [4.69, 9.17) is 5.11 Å². The van der Waals surface area contributed by atoms with Crippen LogP contribution in [-0.2, 0) is 0 Å². The van der Waals surface area contributed by atoms with Gasteiger partial charge in [-0.2, -0.15) is 0 Å². The van der Waals surface area contributed by atoms with Crippen molar-refractivity contribution in [2.24, 2.45) is 0 Å². The lowest BCUT2D eigenvalue weighted by molar-refractivity contribution is 0.0695. The Kier molecular flexibility index (Phi) is 3.61. The third kappa shape index (κ3) is 2.50. The second-order valence-electron chi connectivity index (χ2n) is 5.74. The van der Waals surface area contributed by atoms with Crippen LogP contribution < -0.4 is 4.90 Å². The van der Waals surface area contributed by atoms with Gasteiger partial charge >= 0.3 is 5.97 Å². The van der Waals surface area contributed by atoms with E-state index >= 15 is 0 Å². The van der Waals surface area contributed by atoms with Gasteiger partial charge in [0.1, 0.15) is 5.82 Å². The van der Waals surface area contributed by atoms with E-state index in [2.05, 4.69) is 14.8 Å². The molecule has 0 saturated carbocycles. The molecule has 5 heteroatoms. The van der Waals surface area contributed by atoms with Gasteiger partial charge in [-0.25, -0.2) is 9.78 Å². The Morgan fingerprint density at radius 3 is 2.85 bits per heavy atom. The van der Waals surface area contributed by atoms with Gasteiger partial charge < -0.3 is 10.0 Å². The zero-order valence-electron chi connectivity index (χ0n) is 11.9. The molecule has 0 aromatic carbocycles. The summed E-state index contributed by atoms with van der Waals surface area (Å²) in [6.07, 6.45) is 3.71. The predicted octanol–water partition coefficient (Wildman–Crippen LogP) is 1.76. The lowest BCUT2D eigenvalue weighted by Crippen LogP contribution is -2.37. The van der Waals surface area contributed by atoms with E-state index < -0.39 is 5.97 Å². The molecule has 3 heterocycles. The van der Waals surface area contributed by atoms with Crippen LogP contribution in [0.2, 0.25) is 0 Å². The molecule has 0 radical (unpaired) electrons. The van der Waals surface area contributed by atoms with Crippen molar-refractivity contribution in [3.8, 4) is 0 Å². The Bertz CT molecular complexity index is 518. The highest BCUT2D eigenvalue weighted by Crippen LogP contribution is 2.24. The predicted molar refractivity (Wildman–Crippen MR) is 77.4 cm³/mol. The largest absolute Gasteiger partial charge is 0.478 e. The maximum atomic E-state index is 11.1. The quantitative estimate of drug-likeness (QED) is 0.891. The molecule has 1 aromatic rings. The number of nitrogens with zero attached hydrogens (tertiary/aromatic N) is 3. The minimum absolute atomic E-state index is 0.297. The van der Waals surface area contributed by atoms with Gasteiger partial charge in [0, 0.05) is 25.7 Å². The first-order valence-electron chi connectivity index (χ1n) is 7.35. The highest BCUT2D eigenvalue weighted by Gasteiger charge is 2.29. The smallest absolute Gasteiger partial charge is 0.337 e. The number of carboxylic acids is 1. The lowest BCUT2D eigenvalue weighted by Gasteiger charge is -2.26. The normalized spacial score (nSPS) is 23.4. The topological polar surface area (TPSA) is 56.7 Å². The standard InChI is InChI=1S/C15H21N3O2/c1-11-13(15(19)20)5-6-14(16-11)18-9-3-8-17-7-2-4-12(17)10-18/h5-6,12H,2-4,7-10H2,1H3,(H,19,20). The fourth-order valence-corrected chi connectivity index (χ4v) is 3.36. The number of aromatic nitrogens is 1. The average Bonchev–Trinajstić information content (AvgIpc) is 2.75. The second-order valence-corrected chi connectivity index (χ2v) is 5.74. The molecule has 2 fully saturated rings. The highest BCUT2D eigenvalue weighted by molar-refractivity contribution is 5.89. The van der Waals surface area contributed by atoms with Crippen molar-refractivity contribution in [1.82, 2.24) is 9.88 Å². The second kappa shape index (κ2) is 5.40. The van der Waals surface area contributed by atoms with E-state index in [9.17, 15) is 4.79 Å². The summed E-state index contributed by atoms with van der Waals surface area (Å²) in [4.78, 5) is 20.5. The van der Waals surface area contributed by atoms with Crippen molar-refractivity contribution in [3.63, 3.8) is 0 Å². The summed E-state index contributed by atoms with van der Waals surface area (Å²) in [7, 11) is 0. The average molecular weight is 275 g/mol. The van der Waals surface area contributed by atoms with Crippen LogP contribution in [0, 0.1) is 6.92 Å². The first-order chi connectivity index (χ1) is 9.65. The number of hydrogen-bond donors (Lipinski definition) is 1. The highest BCUT2D eigenvalue weighted by atomic mass is 16.4. The molecule has 1 atom stereocenters. The van der Waals surface area contributed by atoms with Crippen molar-refractivity contribution in [2.75, 3.05) is 31.1 Å². The Hall–Kier alpha value is -1.62. The van der Waals surface area contributed by atoms with E-state index in [1.165, 1.54) is 25.9 Å². The number of aryl methyl sites for hydroxylation is 1. The fourth-order valence-electron chi connectivity index (χ4n) is 3.36. The Balaban J connectivity index is 1.81. The fraction of sp³-hybridized carbons (Fsp3) is 0.600. The van der Waals surface area contributed by atoms with Crippen LogP contribution in [0.5, 0.6) is 0 Å². The van der Waals surface area contributed by atoms with Crippen molar-refractivity contribution in [2.45, 2.75) is 32.2 Å². The molecule has 2 aliphatic heterocycles. The summed E-state index contributed by atoms with van der Waals surface area (Å²) in [5.74, 6) is 0.0145. The molecule has 0 aliphatic carbocycles. The zero-order chi connectivity index (χ0) is 14.1. The first kappa shape index (κ1) is 13.4. The van der Waals surface area contributed by atoms with Gasteiger partial charge in [0.2, 0.25) is 0 Å². The molecule has 2 aliphatic rings. The van der Waals surface area contributed by atoms with Crippen LogP contribution in [0.25, 0.3) is 0 Å². The van der Waals surface area contributed by atoms with Crippen molar-refractivity contribution in [3.05, 3.63) is 23.4 Å². The van der Waals surface area contributed by atoms with Gasteiger partial charge in [-0.05, 0) is 44.9 Å². The van der Waals surface area contributed by atoms with Gasteiger partial charge in [0.15, 0.2) is 0 Å². The molecule has 1 N–H and O–H groups in total. The summed E-state index contributed by atoms with van der Waals surface area (Å²) in [6.45, 7) is 6.19. The number of pyridine rings is 1. The number of rotatable bonds is 2. The van der Waals surface area contributed by atoms with E-state index in [1.807, 2.05) is 6.07 Å². The van der Waals surface area contributed by atoms with Crippen LogP contribution in [0.3, 0.4) is 0 Å². The summed E-state index contributed by atoms with van der Waals surface area (Å²) in [5, 5.41) is 9.07. The molecule has 3 rings (SSSR count). The summed E-state index contributed by atoms with van der Waals surface area (Å²) < 4.78 is 0. The number of carbonyl (C=O) groups is 1. The summed E-state index contributed by atoms with van der Waals surface area (Å²) >= 11 is 0. The number of anilines is 1. The van der Waals surface area contributed by atoms with Gasteiger partial charge in [-0.3, -0.25) is 4.90 Å². The molecule has 1 unspecified atom stereocenters. The van der Waals surface area contributed by atoms with Crippen LogP contribution in [0.15, 0.2) is 12.1 Å². The molecule has 0 spiro atoms. The molecule has 1 aromatic heterocycles. The number of aromatic carboxylic acids is 1. The molecule has 2 saturated heterocycles. The van der Waals surface area contributed by atoms with Gasteiger partial charge in [-0.15, -0.1) is 0 Å². The van der Waals surface area contributed by atoms with Crippen molar-refractivity contribution >= 4 is 11.8 Å². The minimum Gasteiger partial charge on any atom is -0.478 e. The molecular weight excluding hydrogens is 254 g/mol. The van der Waals surface area contributed by atoms with Gasteiger partial charge in [0.05, 0.1) is 11.3 Å². The van der Waals surface area contributed by atoms with Crippen LogP contribution in [0.1, 0.15) is 35.3 Å². The number of hydrogen-bond acceptors (Lipinski definition) is 4. The molecule has 5 nitrogen and oxygen atoms in total. The first-order valence-corrected chi connectivity index (χ1v) is 7.35. The van der Waals surface area contributed by atoms with Crippen LogP contribution in [0.4, 0.5) is 5.82 Å². The van der Waals surface area contributed by atoms with Gasteiger partial charge in [0.25, 0.3) is 0 Å². The van der Waals surface area contributed by atoms with Gasteiger partial charge in [-0.1, -0.05) is 0 Å². The lowest BCUT2D eigenvalue weighted by atomic mass is 10.2. The molecule has 108 valence electrons. The van der Waals surface area contributed by atoms with Crippen molar-refractivity contribution in [1.29, 1.82) is 0 Å². The summed E-state index contributed by atoms with van der Waals surface area (Å²) in [5.41, 5.74) is 0.897. The van der Waals surface area contributed by atoms with Crippen LogP contribution >= 0.6 is 0 Å². The summed E-state index contributed by atoms with van der Waals surface area (Å²) in [6, 6.07) is 4.16. The monoisotopic (exact) mass is 275 g/mol. The Labute approximate surface area is 119 Å². The molecule has 20 heavy (non-hydrogen) atoms. The van der Waals surface area contributed by atoms with E-state index in [0.717, 1.165) is 25.3 Å². The molecular formula is C15H21N3O2. The zero-order valence-corrected chi connectivity index (χ0v) is 11.9. The van der Waals surface area contributed by atoms with Crippen LogP contribution in [-0.4, -0.2) is 53.2 Å². The molecule has 0 bridgehead atoms. The van der Waals surface area contributed by atoms with E-state index in [1.54, 1.807) is 13.0 Å². The number of carboxylic acid groups (broad SMARTS) is 1. The third-order valence-corrected chi connectivity index (χ3v) is 4.43. The third-order valence-electron chi connectivity index (χ3n) is 4.43. The molecule has 0 amide bonds. The Morgan fingerprint density at radius 2 is 2.10 bits per heavy atom. The maximum absolute atomic E-state index is 11.1. The SMILES string of the molecule is Cc1nc(N2CCCN3CCCC3C2)ccc1C(=O)O. The number of fused-ring (bicyclic) bond motifs is 1. The van der Waals surface area contributed by atoms with E-state index in [-0.39, 0.29) is 0 Å². The minimum atomic E-state index is -0.903. The van der Waals surface area contributed by atoms with Crippen molar-refractivity contribution < 1.29 is 9.90 Å². The maximum Gasteiger partial charge on any atom is 0.337 e.